The van der Waals surface area contributed by atoms with Crippen molar-refractivity contribution in [3.8, 4) is 0 Å². The van der Waals surface area contributed by atoms with Crippen LogP contribution in [0.4, 0.5) is 4.79 Å². The van der Waals surface area contributed by atoms with Gasteiger partial charge in [0.05, 0.1) is 0 Å². The summed E-state index contributed by atoms with van der Waals surface area (Å²) in [5, 5.41) is 5.49. The van der Waals surface area contributed by atoms with E-state index in [-0.39, 0.29) is 11.4 Å². The SMILES string of the molecule is CC(C)CC(C)(CN)NC(=O)CCCCNC(N)=O. The first-order chi connectivity index (χ1) is 8.79. The molecule has 1 unspecified atom stereocenters. The highest BCUT2D eigenvalue weighted by Crippen LogP contribution is 2.15. The Morgan fingerprint density at radius 3 is 2.37 bits per heavy atom. The number of nitrogens with two attached hydrogens (primary N) is 2. The van der Waals surface area contributed by atoms with Gasteiger partial charge in [-0.2, -0.15) is 0 Å². The number of hydrogen-bond acceptors (Lipinski definition) is 3. The molecule has 0 aromatic rings. The minimum Gasteiger partial charge on any atom is -0.352 e. The summed E-state index contributed by atoms with van der Waals surface area (Å²) in [7, 11) is 0. The third-order valence-corrected chi connectivity index (χ3v) is 2.88. The molecule has 112 valence electrons. The molecule has 0 aromatic carbocycles. The first-order valence-corrected chi connectivity index (χ1v) is 6.83. The summed E-state index contributed by atoms with van der Waals surface area (Å²) in [6.45, 7) is 7.12. The summed E-state index contributed by atoms with van der Waals surface area (Å²) in [5.74, 6) is 0.487. The summed E-state index contributed by atoms with van der Waals surface area (Å²) in [6.07, 6.45) is 2.75. The van der Waals surface area contributed by atoms with Crippen molar-refractivity contribution in [2.75, 3.05) is 13.1 Å². The second kappa shape index (κ2) is 8.74. The van der Waals surface area contributed by atoms with Crippen molar-refractivity contribution >= 4 is 11.9 Å². The van der Waals surface area contributed by atoms with Crippen molar-refractivity contribution in [2.24, 2.45) is 17.4 Å². The quantitative estimate of drug-likeness (QED) is 0.464. The third-order valence-electron chi connectivity index (χ3n) is 2.88. The summed E-state index contributed by atoms with van der Waals surface area (Å²) in [6, 6.07) is -0.530. The molecule has 6 heteroatoms. The molecule has 0 spiro atoms. The standard InChI is InChI=1S/C13H28N4O2/c1-10(2)8-13(3,9-14)17-11(18)6-4-5-7-16-12(15)19/h10H,4-9,14H2,1-3H3,(H,17,18)(H3,15,16,19). The smallest absolute Gasteiger partial charge is 0.312 e. The fourth-order valence-electron chi connectivity index (χ4n) is 2.11. The lowest BCUT2D eigenvalue weighted by atomic mass is 9.90. The molecule has 0 rings (SSSR count). The highest BCUT2D eigenvalue weighted by Gasteiger charge is 2.25. The summed E-state index contributed by atoms with van der Waals surface area (Å²) < 4.78 is 0. The molecule has 0 aromatic heterocycles. The van der Waals surface area contributed by atoms with Crippen LogP contribution in [0.3, 0.4) is 0 Å². The van der Waals surface area contributed by atoms with Gasteiger partial charge < -0.3 is 22.1 Å². The third kappa shape index (κ3) is 9.30. The normalized spacial score (nSPS) is 13.9. The van der Waals surface area contributed by atoms with Gasteiger partial charge in [0, 0.05) is 25.0 Å². The van der Waals surface area contributed by atoms with Crippen LogP contribution in [0.15, 0.2) is 0 Å². The van der Waals surface area contributed by atoms with E-state index in [1.807, 2.05) is 6.92 Å². The molecular weight excluding hydrogens is 244 g/mol. The van der Waals surface area contributed by atoms with Gasteiger partial charge in [0.15, 0.2) is 0 Å². The van der Waals surface area contributed by atoms with Gasteiger partial charge in [0.1, 0.15) is 0 Å². The van der Waals surface area contributed by atoms with E-state index >= 15 is 0 Å². The topological polar surface area (TPSA) is 110 Å². The molecule has 19 heavy (non-hydrogen) atoms. The van der Waals surface area contributed by atoms with Crippen LogP contribution in [0.1, 0.15) is 46.5 Å². The Labute approximate surface area is 115 Å². The van der Waals surface area contributed by atoms with E-state index < -0.39 is 6.03 Å². The van der Waals surface area contributed by atoms with Gasteiger partial charge in [0.2, 0.25) is 5.91 Å². The van der Waals surface area contributed by atoms with E-state index in [0.717, 1.165) is 12.8 Å². The Hall–Kier alpha value is -1.30. The predicted molar refractivity (Wildman–Crippen MR) is 76.5 cm³/mol. The van der Waals surface area contributed by atoms with Crippen LogP contribution in [0.2, 0.25) is 0 Å². The lowest BCUT2D eigenvalue weighted by Gasteiger charge is -2.31. The molecule has 0 saturated carbocycles. The maximum Gasteiger partial charge on any atom is 0.312 e. The molecule has 3 amide bonds. The molecule has 0 aliphatic carbocycles. The van der Waals surface area contributed by atoms with E-state index in [9.17, 15) is 9.59 Å². The number of rotatable bonds is 9. The number of urea groups is 1. The Balaban J connectivity index is 3.91. The molecule has 0 fully saturated rings. The fourth-order valence-corrected chi connectivity index (χ4v) is 2.11. The molecule has 0 bridgehead atoms. The second-order valence-corrected chi connectivity index (χ2v) is 5.66. The van der Waals surface area contributed by atoms with Crippen molar-refractivity contribution in [2.45, 2.75) is 52.0 Å². The Morgan fingerprint density at radius 2 is 1.89 bits per heavy atom. The summed E-state index contributed by atoms with van der Waals surface area (Å²) in [5.41, 5.74) is 10.3. The second-order valence-electron chi connectivity index (χ2n) is 5.66. The largest absolute Gasteiger partial charge is 0.352 e. The van der Waals surface area contributed by atoms with Gasteiger partial charge in [-0.05, 0) is 32.1 Å². The van der Waals surface area contributed by atoms with E-state index in [2.05, 4.69) is 24.5 Å². The molecule has 6 N–H and O–H groups in total. The van der Waals surface area contributed by atoms with Crippen molar-refractivity contribution in [1.29, 1.82) is 0 Å². The Morgan fingerprint density at radius 1 is 1.26 bits per heavy atom. The molecule has 0 aliphatic heterocycles. The van der Waals surface area contributed by atoms with Crippen LogP contribution in [-0.4, -0.2) is 30.6 Å². The lowest BCUT2D eigenvalue weighted by Crippen LogP contribution is -2.52. The number of nitrogens with one attached hydrogen (secondary N) is 2. The van der Waals surface area contributed by atoms with Gasteiger partial charge >= 0.3 is 6.03 Å². The number of carbonyl (C=O) groups excluding carboxylic acids is 2. The van der Waals surface area contributed by atoms with Gasteiger partial charge in [-0.25, -0.2) is 4.79 Å². The van der Waals surface area contributed by atoms with E-state index in [1.165, 1.54) is 0 Å². The van der Waals surface area contributed by atoms with Gasteiger partial charge in [-0.3, -0.25) is 4.79 Å². The number of hydrogen-bond donors (Lipinski definition) is 4. The van der Waals surface area contributed by atoms with Crippen LogP contribution >= 0.6 is 0 Å². The molecule has 6 nitrogen and oxygen atoms in total. The number of carbonyl (C=O) groups is 2. The minimum atomic E-state index is -0.530. The molecule has 0 radical (unpaired) electrons. The zero-order chi connectivity index (χ0) is 14.9. The number of amides is 3. The average Bonchev–Trinajstić information content (AvgIpc) is 2.26. The van der Waals surface area contributed by atoms with Crippen molar-refractivity contribution in [3.63, 3.8) is 0 Å². The summed E-state index contributed by atoms with van der Waals surface area (Å²) in [4.78, 5) is 22.3. The molecule has 0 saturated heterocycles. The Bertz CT molecular complexity index is 294. The van der Waals surface area contributed by atoms with Gasteiger partial charge in [-0.15, -0.1) is 0 Å². The number of unbranched alkanes of at least 4 members (excludes halogenated alkanes) is 1. The molecular formula is C13H28N4O2. The van der Waals surface area contributed by atoms with Crippen LogP contribution in [-0.2, 0) is 4.79 Å². The summed E-state index contributed by atoms with van der Waals surface area (Å²) >= 11 is 0. The predicted octanol–water partition coefficient (Wildman–Crippen LogP) is 0.705. The molecule has 0 heterocycles. The first kappa shape index (κ1) is 17.7. The van der Waals surface area contributed by atoms with E-state index in [1.54, 1.807) is 0 Å². The zero-order valence-corrected chi connectivity index (χ0v) is 12.3. The van der Waals surface area contributed by atoms with Crippen molar-refractivity contribution < 1.29 is 9.59 Å². The van der Waals surface area contributed by atoms with Crippen LogP contribution < -0.4 is 22.1 Å². The maximum atomic E-state index is 11.8. The minimum absolute atomic E-state index is 0.00711. The Kier molecular flexibility index (Phi) is 8.14. The maximum absolute atomic E-state index is 11.8. The fraction of sp³-hybridized carbons (Fsp3) is 0.846. The highest BCUT2D eigenvalue weighted by molar-refractivity contribution is 5.76. The number of primary amides is 1. The van der Waals surface area contributed by atoms with Crippen LogP contribution in [0.5, 0.6) is 0 Å². The van der Waals surface area contributed by atoms with E-state index in [0.29, 0.717) is 31.8 Å². The van der Waals surface area contributed by atoms with Crippen molar-refractivity contribution in [3.05, 3.63) is 0 Å². The van der Waals surface area contributed by atoms with Crippen LogP contribution in [0.25, 0.3) is 0 Å². The first-order valence-electron chi connectivity index (χ1n) is 6.83. The molecule has 1 atom stereocenters. The lowest BCUT2D eigenvalue weighted by molar-refractivity contribution is -0.123. The van der Waals surface area contributed by atoms with E-state index in [4.69, 9.17) is 11.5 Å². The van der Waals surface area contributed by atoms with Gasteiger partial charge in [-0.1, -0.05) is 13.8 Å². The highest BCUT2D eigenvalue weighted by atomic mass is 16.2. The average molecular weight is 272 g/mol. The molecule has 0 aliphatic rings. The van der Waals surface area contributed by atoms with Crippen molar-refractivity contribution in [1.82, 2.24) is 10.6 Å². The zero-order valence-electron chi connectivity index (χ0n) is 12.3. The van der Waals surface area contributed by atoms with Crippen LogP contribution in [0, 0.1) is 5.92 Å². The van der Waals surface area contributed by atoms with Gasteiger partial charge in [0.25, 0.3) is 0 Å². The monoisotopic (exact) mass is 272 g/mol.